The highest BCUT2D eigenvalue weighted by Gasteiger charge is 2.05. The number of primary amides is 1. The van der Waals surface area contributed by atoms with Crippen molar-refractivity contribution in [1.29, 1.82) is 0 Å². The maximum Gasteiger partial charge on any atom is 0.221 e. The van der Waals surface area contributed by atoms with Crippen molar-refractivity contribution in [2.75, 3.05) is 5.73 Å². The van der Waals surface area contributed by atoms with Gasteiger partial charge in [-0.3, -0.25) is 4.79 Å². The molecule has 22 heavy (non-hydrogen) atoms. The monoisotopic (exact) mass is 292 g/mol. The van der Waals surface area contributed by atoms with E-state index in [2.05, 4.69) is 4.98 Å². The lowest BCUT2D eigenvalue weighted by molar-refractivity contribution is -0.117. The maximum atomic E-state index is 11.0. The first kappa shape index (κ1) is 13.9. The lowest BCUT2D eigenvalue weighted by Crippen LogP contribution is -2.13. The minimum absolute atomic E-state index is 0.227. The summed E-state index contributed by atoms with van der Waals surface area (Å²) < 4.78 is 1.91. The molecule has 5 nitrogen and oxygen atoms in total. The van der Waals surface area contributed by atoms with E-state index in [1.807, 2.05) is 59.3 Å². The highest BCUT2D eigenvalue weighted by Crippen LogP contribution is 2.21. The van der Waals surface area contributed by atoms with E-state index < -0.39 is 0 Å². The normalized spacial score (nSPS) is 10.5. The Morgan fingerprint density at radius 1 is 1.14 bits per heavy atom. The number of nitrogens with zero attached hydrogens (tertiary/aromatic N) is 2. The smallest absolute Gasteiger partial charge is 0.221 e. The van der Waals surface area contributed by atoms with Crippen molar-refractivity contribution in [3.63, 3.8) is 0 Å². The highest BCUT2D eigenvalue weighted by molar-refractivity contribution is 5.76. The molecule has 110 valence electrons. The van der Waals surface area contributed by atoms with Gasteiger partial charge in [-0.15, -0.1) is 0 Å². The summed E-state index contributed by atoms with van der Waals surface area (Å²) in [6.45, 7) is 0. The van der Waals surface area contributed by atoms with Crippen LogP contribution < -0.4 is 11.5 Å². The van der Waals surface area contributed by atoms with Gasteiger partial charge in [0.15, 0.2) is 0 Å². The first-order chi connectivity index (χ1) is 10.6. The van der Waals surface area contributed by atoms with Gasteiger partial charge < -0.3 is 16.0 Å². The molecule has 0 aliphatic heterocycles. The molecule has 0 aliphatic rings. The second kappa shape index (κ2) is 5.73. The van der Waals surface area contributed by atoms with Gasteiger partial charge in [-0.25, -0.2) is 4.98 Å². The highest BCUT2D eigenvalue weighted by atomic mass is 16.1. The van der Waals surface area contributed by atoms with Crippen molar-refractivity contribution in [2.24, 2.45) is 5.73 Å². The standard InChI is InChI=1S/C17H16N4O/c18-14-5-2-4-13(9-14)16-10-21(11-20-16)15-6-1-3-12(7-15)8-17(19)22/h1-7,9-11H,8,18H2,(H2,19,22). The number of carbonyl (C=O) groups excluding carboxylic acids is 1. The van der Waals surface area contributed by atoms with Gasteiger partial charge in [-0.05, 0) is 29.8 Å². The quantitative estimate of drug-likeness (QED) is 0.722. The lowest BCUT2D eigenvalue weighted by Gasteiger charge is -2.04. The number of nitrogens with two attached hydrogens (primary N) is 2. The number of carbonyl (C=O) groups is 1. The largest absolute Gasteiger partial charge is 0.399 e. The number of nitrogen functional groups attached to an aromatic ring is 1. The van der Waals surface area contributed by atoms with Gasteiger partial charge in [-0.1, -0.05) is 24.3 Å². The van der Waals surface area contributed by atoms with Gasteiger partial charge in [0.2, 0.25) is 5.91 Å². The van der Waals surface area contributed by atoms with Crippen molar-refractivity contribution in [1.82, 2.24) is 9.55 Å². The Balaban J connectivity index is 1.92. The summed E-state index contributed by atoms with van der Waals surface area (Å²) in [7, 11) is 0. The van der Waals surface area contributed by atoms with Crippen LogP contribution in [0.3, 0.4) is 0 Å². The molecule has 1 heterocycles. The number of anilines is 1. The number of hydrogen-bond donors (Lipinski definition) is 2. The van der Waals surface area contributed by atoms with Gasteiger partial charge >= 0.3 is 0 Å². The van der Waals surface area contributed by atoms with Gasteiger partial charge in [0.25, 0.3) is 0 Å². The second-order valence-corrected chi connectivity index (χ2v) is 5.10. The number of rotatable bonds is 4. The van der Waals surface area contributed by atoms with Crippen LogP contribution in [0.2, 0.25) is 0 Å². The van der Waals surface area contributed by atoms with Crippen molar-refractivity contribution in [3.8, 4) is 16.9 Å². The van der Waals surface area contributed by atoms with E-state index in [-0.39, 0.29) is 12.3 Å². The van der Waals surface area contributed by atoms with Crippen molar-refractivity contribution in [3.05, 3.63) is 66.6 Å². The molecule has 1 aromatic heterocycles. The Labute approximate surface area is 128 Å². The van der Waals surface area contributed by atoms with E-state index in [0.717, 1.165) is 22.5 Å². The van der Waals surface area contributed by atoms with E-state index in [1.54, 1.807) is 6.33 Å². The molecule has 0 radical (unpaired) electrons. The van der Waals surface area contributed by atoms with Gasteiger partial charge in [-0.2, -0.15) is 0 Å². The first-order valence-corrected chi connectivity index (χ1v) is 6.89. The summed E-state index contributed by atoms with van der Waals surface area (Å²) in [6.07, 6.45) is 3.89. The Morgan fingerprint density at radius 3 is 2.73 bits per heavy atom. The van der Waals surface area contributed by atoms with Gasteiger partial charge in [0.05, 0.1) is 18.4 Å². The lowest BCUT2D eigenvalue weighted by atomic mass is 10.1. The third-order valence-corrected chi connectivity index (χ3v) is 3.35. The number of benzene rings is 2. The number of amides is 1. The SMILES string of the molecule is NC(=O)Cc1cccc(-n2cnc(-c3cccc(N)c3)c2)c1. The van der Waals surface area contributed by atoms with E-state index >= 15 is 0 Å². The van der Waals surface area contributed by atoms with E-state index in [9.17, 15) is 4.79 Å². The molecule has 5 heteroatoms. The molecule has 0 saturated carbocycles. The summed E-state index contributed by atoms with van der Waals surface area (Å²) in [5.41, 5.74) is 15.4. The summed E-state index contributed by atoms with van der Waals surface area (Å²) in [6, 6.07) is 15.2. The van der Waals surface area contributed by atoms with E-state index in [1.165, 1.54) is 0 Å². The van der Waals surface area contributed by atoms with Crippen LogP contribution in [0.25, 0.3) is 16.9 Å². The van der Waals surface area contributed by atoms with Crippen LogP contribution in [0.15, 0.2) is 61.1 Å². The number of hydrogen-bond acceptors (Lipinski definition) is 3. The van der Waals surface area contributed by atoms with Crippen LogP contribution in [-0.4, -0.2) is 15.5 Å². The molecule has 0 bridgehead atoms. The second-order valence-electron chi connectivity index (χ2n) is 5.10. The van der Waals surface area contributed by atoms with Crippen molar-refractivity contribution < 1.29 is 4.79 Å². The Bertz CT molecular complexity index is 823. The molecule has 1 amide bonds. The Kier molecular flexibility index (Phi) is 3.62. The molecular weight excluding hydrogens is 276 g/mol. The molecule has 0 atom stereocenters. The minimum atomic E-state index is -0.344. The molecule has 0 fully saturated rings. The fourth-order valence-corrected chi connectivity index (χ4v) is 2.34. The molecule has 0 spiro atoms. The van der Waals surface area contributed by atoms with Crippen LogP contribution in [0, 0.1) is 0 Å². The molecular formula is C17H16N4O. The molecule has 0 saturated heterocycles. The predicted octanol–water partition coefficient (Wildman–Crippen LogP) is 2.15. The van der Waals surface area contributed by atoms with Crippen molar-refractivity contribution >= 4 is 11.6 Å². The Hall–Kier alpha value is -3.08. The van der Waals surface area contributed by atoms with E-state index in [0.29, 0.717) is 5.69 Å². The van der Waals surface area contributed by atoms with Crippen LogP contribution in [0.4, 0.5) is 5.69 Å². The third-order valence-electron chi connectivity index (χ3n) is 3.35. The average Bonchev–Trinajstić information content (AvgIpc) is 2.97. The number of aromatic nitrogens is 2. The minimum Gasteiger partial charge on any atom is -0.399 e. The van der Waals surface area contributed by atoms with E-state index in [4.69, 9.17) is 11.5 Å². The number of imidazole rings is 1. The zero-order chi connectivity index (χ0) is 15.5. The Morgan fingerprint density at radius 2 is 1.95 bits per heavy atom. The molecule has 3 rings (SSSR count). The zero-order valence-electron chi connectivity index (χ0n) is 11.9. The maximum absolute atomic E-state index is 11.0. The summed E-state index contributed by atoms with van der Waals surface area (Å²) in [5, 5.41) is 0. The van der Waals surface area contributed by atoms with Gasteiger partial charge in [0.1, 0.15) is 0 Å². The van der Waals surface area contributed by atoms with Crippen LogP contribution in [0.1, 0.15) is 5.56 Å². The first-order valence-electron chi connectivity index (χ1n) is 6.89. The van der Waals surface area contributed by atoms with Crippen LogP contribution in [0.5, 0.6) is 0 Å². The molecule has 4 N–H and O–H groups in total. The van der Waals surface area contributed by atoms with Crippen molar-refractivity contribution in [2.45, 2.75) is 6.42 Å². The zero-order valence-corrected chi connectivity index (χ0v) is 11.9. The topological polar surface area (TPSA) is 86.9 Å². The summed E-state index contributed by atoms with van der Waals surface area (Å²) in [5.74, 6) is -0.344. The average molecular weight is 292 g/mol. The van der Waals surface area contributed by atoms with Gasteiger partial charge in [0, 0.05) is 23.1 Å². The fourth-order valence-electron chi connectivity index (χ4n) is 2.34. The molecule has 0 unspecified atom stereocenters. The summed E-state index contributed by atoms with van der Waals surface area (Å²) >= 11 is 0. The third kappa shape index (κ3) is 2.98. The fraction of sp³-hybridized carbons (Fsp3) is 0.0588. The predicted molar refractivity (Wildman–Crippen MR) is 86.3 cm³/mol. The summed E-state index contributed by atoms with van der Waals surface area (Å²) in [4.78, 5) is 15.4. The molecule has 3 aromatic rings. The molecule has 2 aromatic carbocycles. The van der Waals surface area contributed by atoms with Crippen LogP contribution in [-0.2, 0) is 11.2 Å². The van der Waals surface area contributed by atoms with Crippen LogP contribution >= 0.6 is 0 Å². The molecule has 0 aliphatic carbocycles.